The lowest BCUT2D eigenvalue weighted by Crippen LogP contribution is -2.12. The van der Waals surface area contributed by atoms with Gasteiger partial charge in [-0.25, -0.2) is 9.18 Å². The summed E-state index contributed by atoms with van der Waals surface area (Å²) in [5.74, 6) is -0.826. The lowest BCUT2D eigenvalue weighted by molar-refractivity contribution is -0.136. The molecule has 0 aliphatic heterocycles. The average molecular weight is 225 g/mol. The minimum absolute atomic E-state index is 0.161. The van der Waals surface area contributed by atoms with Crippen molar-refractivity contribution in [3.63, 3.8) is 0 Å². The number of carbonyl (C=O) groups excluding carboxylic acids is 1. The van der Waals surface area contributed by atoms with Crippen LogP contribution in [-0.4, -0.2) is 20.2 Å². The minimum atomic E-state index is -0.699. The number of esters is 1. The molecule has 2 N–H and O–H groups in total. The monoisotopic (exact) mass is 225 g/mol. The molecule has 1 aromatic rings. The van der Waals surface area contributed by atoms with E-state index in [2.05, 4.69) is 4.74 Å². The Morgan fingerprint density at radius 2 is 2.12 bits per heavy atom. The molecular formula is C11H12FNO3. The Morgan fingerprint density at radius 3 is 2.62 bits per heavy atom. The van der Waals surface area contributed by atoms with Gasteiger partial charge in [0.1, 0.15) is 17.3 Å². The summed E-state index contributed by atoms with van der Waals surface area (Å²) in [4.78, 5) is 11.0. The van der Waals surface area contributed by atoms with E-state index in [1.807, 2.05) is 0 Å². The van der Waals surface area contributed by atoms with Crippen LogP contribution in [0.15, 0.2) is 23.9 Å². The van der Waals surface area contributed by atoms with E-state index in [1.165, 1.54) is 32.4 Å². The second-order valence-electron chi connectivity index (χ2n) is 2.98. The standard InChI is InChI=1S/C11H12FNO3/c1-15-8-4-3-7(9(12)6-8)5-10(13)11(14)16-2/h3-6H,13H2,1-2H3/b10-5-. The SMILES string of the molecule is COC(=O)/C(N)=C/c1ccc(OC)cc1F. The topological polar surface area (TPSA) is 61.5 Å². The molecule has 0 amide bonds. The zero-order valence-electron chi connectivity index (χ0n) is 8.99. The molecule has 0 aromatic heterocycles. The highest BCUT2D eigenvalue weighted by Gasteiger charge is 2.07. The summed E-state index contributed by atoms with van der Waals surface area (Å²) < 4.78 is 22.7. The first-order valence-corrected chi connectivity index (χ1v) is 4.47. The third kappa shape index (κ3) is 2.73. The van der Waals surface area contributed by atoms with Crippen LogP contribution in [-0.2, 0) is 9.53 Å². The quantitative estimate of drug-likeness (QED) is 0.622. The Kier molecular flexibility index (Phi) is 3.88. The average Bonchev–Trinajstić information content (AvgIpc) is 2.30. The number of benzene rings is 1. The molecule has 5 heteroatoms. The maximum atomic E-state index is 13.4. The third-order valence-corrected chi connectivity index (χ3v) is 1.94. The third-order valence-electron chi connectivity index (χ3n) is 1.94. The molecule has 0 aliphatic rings. The van der Waals surface area contributed by atoms with Gasteiger partial charge in [0.25, 0.3) is 0 Å². The molecule has 0 saturated heterocycles. The number of nitrogens with two attached hydrogens (primary N) is 1. The molecular weight excluding hydrogens is 213 g/mol. The summed E-state index contributed by atoms with van der Waals surface area (Å²) in [6, 6.07) is 4.24. The summed E-state index contributed by atoms with van der Waals surface area (Å²) in [6.07, 6.45) is 1.21. The van der Waals surface area contributed by atoms with Crippen molar-refractivity contribution in [1.29, 1.82) is 0 Å². The smallest absolute Gasteiger partial charge is 0.353 e. The second kappa shape index (κ2) is 5.16. The molecule has 86 valence electrons. The molecule has 0 fully saturated rings. The molecule has 4 nitrogen and oxygen atoms in total. The number of hydrogen-bond donors (Lipinski definition) is 1. The van der Waals surface area contributed by atoms with E-state index in [0.717, 1.165) is 0 Å². The summed E-state index contributed by atoms with van der Waals surface area (Å²) in [7, 11) is 2.64. The van der Waals surface area contributed by atoms with Gasteiger partial charge in [-0.05, 0) is 18.2 Å². The van der Waals surface area contributed by atoms with Gasteiger partial charge < -0.3 is 15.2 Å². The first-order valence-electron chi connectivity index (χ1n) is 4.47. The van der Waals surface area contributed by atoms with Gasteiger partial charge in [-0.2, -0.15) is 0 Å². The molecule has 1 aromatic carbocycles. The van der Waals surface area contributed by atoms with E-state index >= 15 is 0 Å². The van der Waals surface area contributed by atoms with Crippen molar-refractivity contribution >= 4 is 12.0 Å². The molecule has 0 saturated carbocycles. The first-order chi connectivity index (χ1) is 7.58. The van der Waals surface area contributed by atoms with E-state index < -0.39 is 11.8 Å². The van der Waals surface area contributed by atoms with Crippen LogP contribution in [0.4, 0.5) is 4.39 Å². The van der Waals surface area contributed by atoms with Crippen molar-refractivity contribution in [2.45, 2.75) is 0 Å². The van der Waals surface area contributed by atoms with Crippen LogP contribution >= 0.6 is 0 Å². The van der Waals surface area contributed by atoms with Crippen molar-refractivity contribution in [2.24, 2.45) is 5.73 Å². The van der Waals surface area contributed by atoms with Crippen LogP contribution in [0, 0.1) is 5.82 Å². The van der Waals surface area contributed by atoms with Gasteiger partial charge in [-0.1, -0.05) is 0 Å². The zero-order valence-corrected chi connectivity index (χ0v) is 8.99. The van der Waals surface area contributed by atoms with Gasteiger partial charge >= 0.3 is 5.97 Å². The summed E-state index contributed by atoms with van der Waals surface area (Å²) in [6.45, 7) is 0. The minimum Gasteiger partial charge on any atom is -0.497 e. The fourth-order valence-corrected chi connectivity index (χ4v) is 1.10. The van der Waals surface area contributed by atoms with E-state index in [4.69, 9.17) is 10.5 Å². The molecule has 1 rings (SSSR count). The summed E-state index contributed by atoms with van der Waals surface area (Å²) in [5, 5.41) is 0. The molecule has 0 bridgehead atoms. The fourth-order valence-electron chi connectivity index (χ4n) is 1.10. The number of ether oxygens (including phenoxy) is 2. The van der Waals surface area contributed by atoms with Gasteiger partial charge in [-0.15, -0.1) is 0 Å². The Hall–Kier alpha value is -2.04. The van der Waals surface area contributed by atoms with E-state index in [0.29, 0.717) is 5.75 Å². The van der Waals surface area contributed by atoms with Gasteiger partial charge in [0.2, 0.25) is 0 Å². The highest BCUT2D eigenvalue weighted by Crippen LogP contribution is 2.17. The van der Waals surface area contributed by atoms with Crippen LogP contribution < -0.4 is 10.5 Å². The Bertz CT molecular complexity index is 429. The Balaban J connectivity index is 3.02. The van der Waals surface area contributed by atoms with Gasteiger partial charge in [0.15, 0.2) is 0 Å². The summed E-state index contributed by atoms with van der Waals surface area (Å²) >= 11 is 0. The maximum absolute atomic E-state index is 13.4. The van der Waals surface area contributed by atoms with E-state index in [-0.39, 0.29) is 11.3 Å². The molecule has 0 aliphatic carbocycles. The molecule has 16 heavy (non-hydrogen) atoms. The molecule has 0 heterocycles. The van der Waals surface area contributed by atoms with Crippen LogP contribution in [0.25, 0.3) is 6.08 Å². The summed E-state index contributed by atoms with van der Waals surface area (Å²) in [5.41, 5.74) is 5.43. The zero-order chi connectivity index (χ0) is 12.1. The second-order valence-corrected chi connectivity index (χ2v) is 2.98. The van der Waals surface area contributed by atoms with Crippen molar-refractivity contribution in [3.05, 3.63) is 35.3 Å². The molecule has 0 atom stereocenters. The van der Waals surface area contributed by atoms with Gasteiger partial charge in [0, 0.05) is 11.6 Å². The van der Waals surface area contributed by atoms with Gasteiger partial charge in [0.05, 0.1) is 14.2 Å². The van der Waals surface area contributed by atoms with Crippen molar-refractivity contribution in [3.8, 4) is 5.75 Å². The largest absolute Gasteiger partial charge is 0.497 e. The Morgan fingerprint density at radius 1 is 1.44 bits per heavy atom. The number of methoxy groups -OCH3 is 2. The number of carbonyl (C=O) groups is 1. The van der Waals surface area contributed by atoms with Crippen molar-refractivity contribution < 1.29 is 18.7 Å². The van der Waals surface area contributed by atoms with Gasteiger partial charge in [-0.3, -0.25) is 0 Å². The first kappa shape index (κ1) is 12.0. The van der Waals surface area contributed by atoms with Crippen molar-refractivity contribution in [2.75, 3.05) is 14.2 Å². The van der Waals surface area contributed by atoms with Crippen molar-refractivity contribution in [1.82, 2.24) is 0 Å². The molecule has 0 spiro atoms. The normalized spacial score (nSPS) is 11.1. The van der Waals surface area contributed by atoms with Crippen LogP contribution in [0.3, 0.4) is 0 Å². The highest BCUT2D eigenvalue weighted by molar-refractivity contribution is 5.92. The lowest BCUT2D eigenvalue weighted by atomic mass is 10.1. The van der Waals surface area contributed by atoms with Crippen LogP contribution in [0.5, 0.6) is 5.75 Å². The predicted molar refractivity (Wildman–Crippen MR) is 57.1 cm³/mol. The number of hydrogen-bond acceptors (Lipinski definition) is 4. The van der Waals surface area contributed by atoms with E-state index in [9.17, 15) is 9.18 Å². The molecule has 0 unspecified atom stereocenters. The number of halogens is 1. The molecule has 0 radical (unpaired) electrons. The lowest BCUT2D eigenvalue weighted by Gasteiger charge is -2.03. The maximum Gasteiger partial charge on any atom is 0.353 e. The highest BCUT2D eigenvalue weighted by atomic mass is 19.1. The van der Waals surface area contributed by atoms with E-state index in [1.54, 1.807) is 6.07 Å². The number of rotatable bonds is 3. The fraction of sp³-hybridized carbons (Fsp3) is 0.182. The van der Waals surface area contributed by atoms with Crippen LogP contribution in [0.1, 0.15) is 5.56 Å². The van der Waals surface area contributed by atoms with Crippen LogP contribution in [0.2, 0.25) is 0 Å². The predicted octanol–water partition coefficient (Wildman–Crippen LogP) is 1.31. The Labute approximate surface area is 92.5 Å².